The molecule has 1 aliphatic carbocycles. The summed E-state index contributed by atoms with van der Waals surface area (Å²) in [6.07, 6.45) is 3.78. The van der Waals surface area contributed by atoms with Crippen LogP contribution in [-0.4, -0.2) is 19.1 Å². The van der Waals surface area contributed by atoms with E-state index in [1.54, 1.807) is 0 Å². The van der Waals surface area contributed by atoms with Crippen LogP contribution in [-0.2, 0) is 11.3 Å². The molecule has 1 aliphatic rings. The molecule has 2 rings (SSSR count). The Morgan fingerprint density at radius 1 is 1.40 bits per heavy atom. The van der Waals surface area contributed by atoms with Crippen LogP contribution in [0.4, 0.5) is 0 Å². The molecule has 1 fully saturated rings. The standard InChI is InChI=1S/C16H24N2O2/c1-12-5-4-7-14(12)10-18-16(19)11-20-15-8-3-2-6-13(15)9-17/h2-3,6,8,12,14H,4-5,7,9-11,17H2,1H3,(H,18,19). The molecule has 0 heterocycles. The first-order chi connectivity index (χ1) is 9.70. The van der Waals surface area contributed by atoms with Gasteiger partial charge in [0.1, 0.15) is 5.75 Å². The molecule has 2 unspecified atom stereocenters. The lowest BCUT2D eigenvalue weighted by molar-refractivity contribution is -0.123. The SMILES string of the molecule is CC1CCCC1CNC(=O)COc1ccccc1CN. The van der Waals surface area contributed by atoms with Crippen molar-refractivity contribution in [1.29, 1.82) is 0 Å². The first kappa shape index (κ1) is 14.9. The highest BCUT2D eigenvalue weighted by molar-refractivity contribution is 5.77. The molecule has 4 nitrogen and oxygen atoms in total. The van der Waals surface area contributed by atoms with Gasteiger partial charge in [-0.25, -0.2) is 0 Å². The van der Waals surface area contributed by atoms with Crippen molar-refractivity contribution in [1.82, 2.24) is 5.32 Å². The van der Waals surface area contributed by atoms with Crippen LogP contribution in [0.15, 0.2) is 24.3 Å². The lowest BCUT2D eigenvalue weighted by Gasteiger charge is -2.16. The second kappa shape index (κ2) is 7.29. The molecular weight excluding hydrogens is 252 g/mol. The van der Waals surface area contributed by atoms with Gasteiger partial charge in [0.15, 0.2) is 6.61 Å². The molecule has 0 aliphatic heterocycles. The molecule has 20 heavy (non-hydrogen) atoms. The number of carbonyl (C=O) groups is 1. The molecule has 1 aromatic carbocycles. The number of carbonyl (C=O) groups excluding carboxylic acids is 1. The monoisotopic (exact) mass is 276 g/mol. The molecule has 0 saturated heterocycles. The smallest absolute Gasteiger partial charge is 0.257 e. The van der Waals surface area contributed by atoms with Gasteiger partial charge in [0.25, 0.3) is 5.91 Å². The minimum Gasteiger partial charge on any atom is -0.483 e. The number of rotatable bonds is 6. The number of nitrogens with one attached hydrogen (secondary N) is 1. The third kappa shape index (κ3) is 3.97. The van der Waals surface area contributed by atoms with E-state index in [2.05, 4.69) is 12.2 Å². The second-order valence-electron chi connectivity index (χ2n) is 5.57. The number of hydrogen-bond acceptors (Lipinski definition) is 3. The zero-order valence-corrected chi connectivity index (χ0v) is 12.1. The fraction of sp³-hybridized carbons (Fsp3) is 0.562. The normalized spacial score (nSPS) is 21.7. The van der Waals surface area contributed by atoms with Gasteiger partial charge in [-0.3, -0.25) is 4.79 Å². The molecule has 4 heteroatoms. The molecule has 0 radical (unpaired) electrons. The van der Waals surface area contributed by atoms with Crippen LogP contribution in [0.2, 0.25) is 0 Å². The quantitative estimate of drug-likeness (QED) is 0.836. The van der Waals surface area contributed by atoms with Crippen molar-refractivity contribution in [3.05, 3.63) is 29.8 Å². The summed E-state index contributed by atoms with van der Waals surface area (Å²) >= 11 is 0. The van der Waals surface area contributed by atoms with E-state index in [9.17, 15) is 4.79 Å². The third-order valence-corrected chi connectivity index (χ3v) is 4.15. The van der Waals surface area contributed by atoms with Gasteiger partial charge < -0.3 is 15.8 Å². The summed E-state index contributed by atoms with van der Waals surface area (Å²) in [4.78, 5) is 11.8. The first-order valence-corrected chi connectivity index (χ1v) is 7.38. The number of benzene rings is 1. The van der Waals surface area contributed by atoms with Gasteiger partial charge in [0, 0.05) is 18.7 Å². The van der Waals surface area contributed by atoms with Gasteiger partial charge >= 0.3 is 0 Å². The summed E-state index contributed by atoms with van der Waals surface area (Å²) in [5, 5.41) is 2.97. The number of amides is 1. The Kier molecular flexibility index (Phi) is 5.41. The minimum atomic E-state index is -0.0593. The minimum absolute atomic E-state index is 0.0537. The largest absolute Gasteiger partial charge is 0.483 e. The highest BCUT2D eigenvalue weighted by atomic mass is 16.5. The summed E-state index contributed by atoms with van der Waals surface area (Å²) in [5.74, 6) is 1.97. The molecular formula is C16H24N2O2. The zero-order chi connectivity index (χ0) is 14.4. The second-order valence-corrected chi connectivity index (χ2v) is 5.57. The Labute approximate surface area is 120 Å². The topological polar surface area (TPSA) is 64.3 Å². The van der Waals surface area contributed by atoms with Crippen LogP contribution in [0.25, 0.3) is 0 Å². The van der Waals surface area contributed by atoms with E-state index < -0.39 is 0 Å². The molecule has 0 spiro atoms. The Bertz CT molecular complexity index is 448. The van der Waals surface area contributed by atoms with Crippen molar-refractivity contribution in [2.45, 2.75) is 32.7 Å². The molecule has 1 amide bonds. The van der Waals surface area contributed by atoms with Crippen LogP contribution in [0.1, 0.15) is 31.7 Å². The van der Waals surface area contributed by atoms with Gasteiger partial charge in [-0.1, -0.05) is 38.0 Å². The van der Waals surface area contributed by atoms with E-state index in [0.29, 0.717) is 24.1 Å². The fourth-order valence-electron chi connectivity index (χ4n) is 2.78. The van der Waals surface area contributed by atoms with E-state index in [1.165, 1.54) is 19.3 Å². The van der Waals surface area contributed by atoms with Gasteiger partial charge in [0.05, 0.1) is 0 Å². The fourth-order valence-corrected chi connectivity index (χ4v) is 2.78. The Balaban J connectivity index is 1.74. The lowest BCUT2D eigenvalue weighted by Crippen LogP contribution is -2.33. The third-order valence-electron chi connectivity index (χ3n) is 4.15. The predicted molar refractivity (Wildman–Crippen MR) is 79.3 cm³/mol. The Morgan fingerprint density at radius 3 is 2.90 bits per heavy atom. The highest BCUT2D eigenvalue weighted by Crippen LogP contribution is 2.30. The van der Waals surface area contributed by atoms with Crippen molar-refractivity contribution in [2.24, 2.45) is 17.6 Å². The molecule has 0 bridgehead atoms. The van der Waals surface area contributed by atoms with Crippen LogP contribution in [0, 0.1) is 11.8 Å². The van der Waals surface area contributed by atoms with Crippen LogP contribution < -0.4 is 15.8 Å². The molecule has 1 aromatic rings. The summed E-state index contributed by atoms with van der Waals surface area (Å²) in [7, 11) is 0. The van der Waals surface area contributed by atoms with E-state index in [-0.39, 0.29) is 12.5 Å². The molecule has 1 saturated carbocycles. The molecule has 110 valence electrons. The Hall–Kier alpha value is -1.55. The van der Waals surface area contributed by atoms with Gasteiger partial charge in [0.2, 0.25) is 0 Å². The molecule has 3 N–H and O–H groups in total. The number of hydrogen-bond donors (Lipinski definition) is 2. The zero-order valence-electron chi connectivity index (χ0n) is 12.1. The molecule has 2 atom stereocenters. The summed E-state index contributed by atoms with van der Waals surface area (Å²) in [6.45, 7) is 3.50. The van der Waals surface area contributed by atoms with Crippen molar-refractivity contribution in [3.63, 3.8) is 0 Å². The number of nitrogens with two attached hydrogens (primary N) is 1. The maximum atomic E-state index is 11.8. The van der Waals surface area contributed by atoms with E-state index in [1.807, 2.05) is 24.3 Å². The van der Waals surface area contributed by atoms with E-state index in [0.717, 1.165) is 12.1 Å². The van der Waals surface area contributed by atoms with Crippen molar-refractivity contribution in [3.8, 4) is 5.75 Å². The van der Waals surface area contributed by atoms with Crippen LogP contribution in [0.5, 0.6) is 5.75 Å². The van der Waals surface area contributed by atoms with Crippen molar-refractivity contribution >= 4 is 5.91 Å². The lowest BCUT2D eigenvalue weighted by atomic mass is 9.98. The Morgan fingerprint density at radius 2 is 2.20 bits per heavy atom. The van der Waals surface area contributed by atoms with Crippen LogP contribution in [0.3, 0.4) is 0 Å². The summed E-state index contributed by atoms with van der Waals surface area (Å²) in [6, 6.07) is 7.55. The van der Waals surface area contributed by atoms with Gasteiger partial charge in [-0.2, -0.15) is 0 Å². The van der Waals surface area contributed by atoms with E-state index in [4.69, 9.17) is 10.5 Å². The molecule has 0 aromatic heterocycles. The number of ether oxygens (including phenoxy) is 1. The average Bonchev–Trinajstić information content (AvgIpc) is 2.88. The number of para-hydroxylation sites is 1. The maximum Gasteiger partial charge on any atom is 0.257 e. The summed E-state index contributed by atoms with van der Waals surface area (Å²) in [5.41, 5.74) is 6.55. The summed E-state index contributed by atoms with van der Waals surface area (Å²) < 4.78 is 5.54. The first-order valence-electron chi connectivity index (χ1n) is 7.38. The predicted octanol–water partition coefficient (Wildman–Crippen LogP) is 2.08. The van der Waals surface area contributed by atoms with Crippen LogP contribution >= 0.6 is 0 Å². The van der Waals surface area contributed by atoms with Gasteiger partial charge in [-0.05, 0) is 24.3 Å². The van der Waals surface area contributed by atoms with Crippen molar-refractivity contribution < 1.29 is 9.53 Å². The van der Waals surface area contributed by atoms with Crippen molar-refractivity contribution in [2.75, 3.05) is 13.2 Å². The maximum absolute atomic E-state index is 11.8. The average molecular weight is 276 g/mol. The van der Waals surface area contributed by atoms with Gasteiger partial charge in [-0.15, -0.1) is 0 Å². The van der Waals surface area contributed by atoms with E-state index >= 15 is 0 Å². The highest BCUT2D eigenvalue weighted by Gasteiger charge is 2.23.